The highest BCUT2D eigenvalue weighted by Crippen LogP contribution is 2.25. The molecular formula is C27H42N2O5. The van der Waals surface area contributed by atoms with Crippen LogP contribution in [0.3, 0.4) is 0 Å². The van der Waals surface area contributed by atoms with E-state index in [2.05, 4.69) is 6.92 Å². The third-order valence-electron chi connectivity index (χ3n) is 6.65. The fourth-order valence-corrected chi connectivity index (χ4v) is 4.63. The fourth-order valence-electron chi connectivity index (χ4n) is 4.63. The Morgan fingerprint density at radius 3 is 2.29 bits per heavy atom. The lowest BCUT2D eigenvalue weighted by atomic mass is 9.94. The summed E-state index contributed by atoms with van der Waals surface area (Å²) in [6.45, 7) is 7.05. The highest BCUT2D eigenvalue weighted by Gasteiger charge is 2.37. The van der Waals surface area contributed by atoms with Crippen LogP contribution in [0.25, 0.3) is 0 Å². The number of carboxylic acid groups (broad SMARTS) is 1. The minimum absolute atomic E-state index is 0.245. The Morgan fingerprint density at radius 1 is 1.03 bits per heavy atom. The van der Waals surface area contributed by atoms with Gasteiger partial charge in [-0.05, 0) is 31.4 Å². The number of ether oxygens (including phenoxy) is 1. The number of nitrogens with zero attached hydrogens (tertiary/aromatic N) is 2. The van der Waals surface area contributed by atoms with Crippen LogP contribution in [0.2, 0.25) is 0 Å². The summed E-state index contributed by atoms with van der Waals surface area (Å²) in [4.78, 5) is 41.2. The molecule has 1 aliphatic heterocycles. The zero-order valence-corrected chi connectivity index (χ0v) is 21.1. The molecule has 1 aliphatic rings. The summed E-state index contributed by atoms with van der Waals surface area (Å²) in [7, 11) is 0. The third kappa shape index (κ3) is 8.03. The van der Waals surface area contributed by atoms with E-state index in [1.54, 1.807) is 11.8 Å². The van der Waals surface area contributed by atoms with Crippen LogP contribution in [0.5, 0.6) is 0 Å². The first kappa shape index (κ1) is 27.7. The van der Waals surface area contributed by atoms with Gasteiger partial charge in [-0.25, -0.2) is 9.59 Å². The van der Waals surface area contributed by atoms with E-state index >= 15 is 0 Å². The molecule has 0 aromatic heterocycles. The number of hydrogen-bond acceptors (Lipinski definition) is 4. The van der Waals surface area contributed by atoms with Crippen molar-refractivity contribution in [3.05, 3.63) is 35.4 Å². The molecule has 7 nitrogen and oxygen atoms in total. The Bertz CT molecular complexity index is 797. The maximum Gasteiger partial charge on any atom is 0.326 e. The van der Waals surface area contributed by atoms with Gasteiger partial charge >= 0.3 is 18.0 Å². The molecule has 0 aliphatic carbocycles. The molecule has 1 aromatic rings. The van der Waals surface area contributed by atoms with Gasteiger partial charge in [0.1, 0.15) is 6.04 Å². The van der Waals surface area contributed by atoms with E-state index in [4.69, 9.17) is 4.74 Å². The van der Waals surface area contributed by atoms with Crippen LogP contribution in [0.4, 0.5) is 4.79 Å². The number of carboxylic acids is 1. The molecule has 2 amide bonds. The molecule has 2 rings (SSSR count). The number of aliphatic carboxylic acids is 1. The van der Waals surface area contributed by atoms with Gasteiger partial charge in [-0.3, -0.25) is 4.79 Å². The van der Waals surface area contributed by atoms with E-state index in [0.717, 1.165) is 30.4 Å². The maximum atomic E-state index is 13.5. The van der Waals surface area contributed by atoms with Crippen LogP contribution >= 0.6 is 0 Å². The first-order chi connectivity index (χ1) is 16.4. The average molecular weight is 475 g/mol. The first-order valence-electron chi connectivity index (χ1n) is 12.9. The molecule has 0 saturated carbocycles. The summed E-state index contributed by atoms with van der Waals surface area (Å²) in [6, 6.07) is 6.40. The lowest BCUT2D eigenvalue weighted by molar-refractivity contribution is -0.149. The Morgan fingerprint density at radius 2 is 1.68 bits per heavy atom. The smallest absolute Gasteiger partial charge is 0.326 e. The van der Waals surface area contributed by atoms with Crippen LogP contribution in [-0.2, 0) is 27.3 Å². The van der Waals surface area contributed by atoms with Gasteiger partial charge in [0.15, 0.2) is 0 Å². The summed E-state index contributed by atoms with van der Waals surface area (Å²) in [5, 5.41) is 9.81. The van der Waals surface area contributed by atoms with Gasteiger partial charge in [-0.15, -0.1) is 0 Å². The predicted molar refractivity (Wildman–Crippen MR) is 132 cm³/mol. The molecule has 190 valence electrons. The van der Waals surface area contributed by atoms with E-state index < -0.39 is 17.9 Å². The van der Waals surface area contributed by atoms with E-state index in [-0.39, 0.29) is 31.5 Å². The van der Waals surface area contributed by atoms with Crippen molar-refractivity contribution in [3.63, 3.8) is 0 Å². The molecule has 2 atom stereocenters. The van der Waals surface area contributed by atoms with Gasteiger partial charge in [-0.1, -0.05) is 76.1 Å². The van der Waals surface area contributed by atoms with Crippen LogP contribution in [0.15, 0.2) is 24.3 Å². The number of amides is 2. The lowest BCUT2D eigenvalue weighted by Crippen LogP contribution is -2.54. The van der Waals surface area contributed by atoms with Gasteiger partial charge in [0.2, 0.25) is 0 Å². The number of benzene rings is 1. The van der Waals surface area contributed by atoms with Crippen molar-refractivity contribution < 1.29 is 24.2 Å². The molecule has 34 heavy (non-hydrogen) atoms. The molecule has 0 radical (unpaired) electrons. The second kappa shape index (κ2) is 14.6. The molecule has 0 spiro atoms. The minimum Gasteiger partial charge on any atom is -0.480 e. The number of esters is 1. The highest BCUT2D eigenvalue weighted by molar-refractivity contribution is 5.84. The summed E-state index contributed by atoms with van der Waals surface area (Å²) < 4.78 is 5.31. The van der Waals surface area contributed by atoms with Gasteiger partial charge in [-0.2, -0.15) is 0 Å². The zero-order chi connectivity index (χ0) is 24.9. The van der Waals surface area contributed by atoms with Crippen molar-refractivity contribution in [1.29, 1.82) is 0 Å². The van der Waals surface area contributed by atoms with E-state index in [1.807, 2.05) is 31.2 Å². The number of fused-ring (bicyclic) bond motifs is 1. The van der Waals surface area contributed by atoms with Crippen molar-refractivity contribution in [3.8, 4) is 0 Å². The van der Waals surface area contributed by atoms with Crippen molar-refractivity contribution in [2.75, 3.05) is 19.7 Å². The summed E-state index contributed by atoms with van der Waals surface area (Å²) in [5.41, 5.74) is 1.93. The number of unbranched alkanes of at least 4 members (excludes halogenated alkanes) is 6. The van der Waals surface area contributed by atoms with Crippen LogP contribution in [-0.4, -0.2) is 58.6 Å². The van der Waals surface area contributed by atoms with E-state index in [1.165, 1.54) is 30.6 Å². The second-order valence-electron chi connectivity index (χ2n) is 9.13. The Hall–Kier alpha value is -2.57. The molecule has 1 heterocycles. The number of urea groups is 1. The molecule has 0 unspecified atom stereocenters. The average Bonchev–Trinajstić information content (AvgIpc) is 2.84. The van der Waals surface area contributed by atoms with Gasteiger partial charge in [0.25, 0.3) is 0 Å². The Kier molecular flexibility index (Phi) is 11.9. The van der Waals surface area contributed by atoms with Gasteiger partial charge in [0.05, 0.1) is 12.5 Å². The monoisotopic (exact) mass is 474 g/mol. The normalized spacial score (nSPS) is 16.0. The van der Waals surface area contributed by atoms with E-state index in [0.29, 0.717) is 19.6 Å². The Balaban J connectivity index is 2.05. The molecule has 0 fully saturated rings. The number of rotatable bonds is 14. The van der Waals surface area contributed by atoms with Gasteiger partial charge < -0.3 is 19.6 Å². The summed E-state index contributed by atoms with van der Waals surface area (Å²) in [6.07, 6.45) is 9.02. The molecule has 1 N–H and O–H groups in total. The maximum absolute atomic E-state index is 13.5. The standard InChI is InChI=1S/C27H42N2O5/c1-4-7-8-9-10-11-12-17-23(26(32)34-6-3)19-28(5-2)27(33)29-20-22-16-14-13-15-21(22)18-24(29)25(30)31/h13-16,23-24H,4-12,17-20H2,1-3H3,(H,30,31)/t23-,24-/m0/s1. The quantitative estimate of drug-likeness (QED) is 0.294. The number of carbonyl (C=O) groups is 3. The first-order valence-corrected chi connectivity index (χ1v) is 12.9. The lowest BCUT2D eigenvalue weighted by Gasteiger charge is -2.38. The number of carbonyl (C=O) groups excluding carboxylic acids is 2. The Labute approximate surface area is 204 Å². The van der Waals surface area contributed by atoms with Gasteiger partial charge in [0, 0.05) is 26.1 Å². The largest absolute Gasteiger partial charge is 0.480 e. The topological polar surface area (TPSA) is 87.2 Å². The molecule has 7 heteroatoms. The summed E-state index contributed by atoms with van der Waals surface area (Å²) >= 11 is 0. The van der Waals surface area contributed by atoms with Crippen LogP contribution in [0.1, 0.15) is 83.3 Å². The van der Waals surface area contributed by atoms with Crippen molar-refractivity contribution in [1.82, 2.24) is 9.80 Å². The molecule has 0 bridgehead atoms. The molecular weight excluding hydrogens is 432 g/mol. The van der Waals surface area contributed by atoms with Crippen LogP contribution in [0, 0.1) is 5.92 Å². The molecule has 1 aromatic carbocycles. The van der Waals surface area contributed by atoms with Crippen LogP contribution < -0.4 is 0 Å². The third-order valence-corrected chi connectivity index (χ3v) is 6.65. The second-order valence-corrected chi connectivity index (χ2v) is 9.13. The summed E-state index contributed by atoms with van der Waals surface area (Å²) in [5.74, 6) is -1.69. The van der Waals surface area contributed by atoms with E-state index in [9.17, 15) is 19.5 Å². The highest BCUT2D eigenvalue weighted by atomic mass is 16.5. The van der Waals surface area contributed by atoms with Crippen molar-refractivity contribution in [2.24, 2.45) is 5.92 Å². The number of hydrogen-bond donors (Lipinski definition) is 1. The molecule has 0 saturated heterocycles. The minimum atomic E-state index is -1.01. The fraction of sp³-hybridized carbons (Fsp3) is 0.667. The predicted octanol–water partition coefficient (Wildman–Crippen LogP) is 5.26. The van der Waals surface area contributed by atoms with Crippen molar-refractivity contribution in [2.45, 2.75) is 91.1 Å². The SMILES string of the molecule is CCCCCCCCC[C@@H](CN(CC)C(=O)N1Cc2ccccc2C[C@H]1C(=O)O)C(=O)OCC. The zero-order valence-electron chi connectivity index (χ0n) is 21.1. The van der Waals surface area contributed by atoms with Crippen molar-refractivity contribution >= 4 is 18.0 Å².